The number of carbonyl (C=O) groups excluding carboxylic acids is 10. The first kappa shape index (κ1) is 119. The molecule has 30 heteroatoms. The first-order chi connectivity index (χ1) is 60.8. The summed E-state index contributed by atoms with van der Waals surface area (Å²) in [4.78, 5) is 125. The molecule has 2 unspecified atom stereocenters. The summed E-state index contributed by atoms with van der Waals surface area (Å²) in [5.41, 5.74) is -5.91. The van der Waals surface area contributed by atoms with Crippen LogP contribution in [-0.2, 0) is 95.3 Å². The Hall–Kier alpha value is -1.80. The van der Waals surface area contributed by atoms with Gasteiger partial charge in [0.2, 0.25) is 0 Å². The molecule has 10 rings (SSSR count). The van der Waals surface area contributed by atoms with Gasteiger partial charge in [-0.15, -0.1) is 0 Å². The number of hydrogen-bond acceptors (Lipinski definition) is 30. The van der Waals surface area contributed by atoms with Gasteiger partial charge >= 0.3 is 59.7 Å². The van der Waals surface area contributed by atoms with Gasteiger partial charge in [0, 0.05) is 21.7 Å². The van der Waals surface area contributed by atoms with Gasteiger partial charge in [-0.3, -0.25) is 47.9 Å². The molecule has 2 atom stereocenters. The molecule has 10 fully saturated rings. The maximum atomic E-state index is 12.8. The standard InChI is InChI=1S/C30H54O6S3.C26H46O6S3.2C22H36O4S2/c1-10-28(11-2,34-25(31)19-37-7)22-16-23(29(12-3,13-4)35-26(32)20-38-8)18-24(17-22)30(14-5,15-6)36-27(33)21-39-9;1-10-26(11-2,32-23(29)17-35-9)20-13-18(24(3,4)30-21(27)15-33-7)12-19(14-20)25(5,6)31-22(28)16-34-8;2*1-19(2,25-17(23)12-27-5)21-8-15-7-16(9-21)11-22(10-15,14-21)20(3,4)26-18(24)13-28-6/h22-24H,10-21H2,1-9H3;18-20H,10-17H2,1-9H3;2*15-16H,7-14H2,1-6H3. The van der Waals surface area contributed by atoms with Crippen LogP contribution in [0.15, 0.2) is 0 Å². The van der Waals surface area contributed by atoms with Crippen molar-refractivity contribution in [2.24, 2.45) is 80.8 Å². The lowest BCUT2D eigenvalue weighted by molar-refractivity contribution is -0.249. The maximum Gasteiger partial charge on any atom is 0.316 e. The van der Waals surface area contributed by atoms with Crippen LogP contribution in [0.2, 0.25) is 0 Å². The Morgan fingerprint density at radius 1 is 0.215 bits per heavy atom. The van der Waals surface area contributed by atoms with Crippen LogP contribution in [0.3, 0.4) is 0 Å². The summed E-state index contributed by atoms with van der Waals surface area (Å²) in [6, 6.07) is 0. The molecule has 8 bridgehead atoms. The zero-order valence-corrected chi connectivity index (χ0v) is 93.6. The van der Waals surface area contributed by atoms with Crippen molar-refractivity contribution in [1.29, 1.82) is 0 Å². The van der Waals surface area contributed by atoms with Crippen LogP contribution in [-0.4, -0.2) is 236 Å². The minimum absolute atomic E-state index is 0.0195. The van der Waals surface area contributed by atoms with Gasteiger partial charge in [-0.05, 0) is 372 Å². The third-order valence-electron chi connectivity index (χ3n) is 32.5. The third kappa shape index (κ3) is 29.7. The van der Waals surface area contributed by atoms with Gasteiger partial charge in [-0.25, -0.2) is 0 Å². The minimum Gasteiger partial charge on any atom is -0.459 e. The topological polar surface area (TPSA) is 263 Å². The van der Waals surface area contributed by atoms with E-state index < -0.39 is 56.0 Å². The maximum absolute atomic E-state index is 12.8. The smallest absolute Gasteiger partial charge is 0.316 e. The van der Waals surface area contributed by atoms with Crippen LogP contribution in [0.4, 0.5) is 0 Å². The van der Waals surface area contributed by atoms with Gasteiger partial charge in [0.1, 0.15) is 56.0 Å². The second kappa shape index (κ2) is 51.6. The molecule has 0 aromatic rings. The molecule has 0 N–H and O–H groups in total. The zero-order valence-electron chi connectivity index (χ0n) is 85.5. The van der Waals surface area contributed by atoms with E-state index in [4.69, 9.17) is 47.4 Å². The van der Waals surface area contributed by atoms with Crippen LogP contribution >= 0.6 is 118 Å². The summed E-state index contributed by atoms with van der Waals surface area (Å²) in [7, 11) is 0. The molecule has 0 aromatic carbocycles. The van der Waals surface area contributed by atoms with E-state index in [0.29, 0.717) is 133 Å². The molecule has 0 radical (unpaired) electrons. The average molecular weight is 2020 g/mol. The second-order valence-corrected chi connectivity index (χ2v) is 50.7. The molecule has 20 nitrogen and oxygen atoms in total. The molecular weight excluding hydrogens is 1840 g/mol. The van der Waals surface area contributed by atoms with Crippen molar-refractivity contribution < 1.29 is 95.3 Å². The summed E-state index contributed by atoms with van der Waals surface area (Å²) in [5.74, 6) is 4.69. The van der Waals surface area contributed by atoms with Crippen molar-refractivity contribution in [3.63, 3.8) is 0 Å². The van der Waals surface area contributed by atoms with Crippen molar-refractivity contribution >= 4 is 177 Å². The van der Waals surface area contributed by atoms with Crippen molar-refractivity contribution in [3.8, 4) is 0 Å². The molecule has 0 aliphatic heterocycles. The minimum atomic E-state index is -0.695. The Balaban J connectivity index is 0.000000309. The van der Waals surface area contributed by atoms with Crippen molar-refractivity contribution in [3.05, 3.63) is 0 Å². The van der Waals surface area contributed by atoms with Crippen molar-refractivity contribution in [2.45, 2.75) is 361 Å². The van der Waals surface area contributed by atoms with E-state index >= 15 is 0 Å². The Labute approximate surface area is 828 Å². The van der Waals surface area contributed by atoms with E-state index in [2.05, 4.69) is 111 Å². The lowest BCUT2D eigenvalue weighted by Crippen LogP contribution is -2.65. The van der Waals surface area contributed by atoms with E-state index in [9.17, 15) is 47.9 Å². The lowest BCUT2D eigenvalue weighted by atomic mass is 9.38. The van der Waals surface area contributed by atoms with Gasteiger partial charge in [0.25, 0.3) is 0 Å². The van der Waals surface area contributed by atoms with Crippen LogP contribution in [0.1, 0.15) is 305 Å². The number of hydrogen-bond donors (Lipinski definition) is 0. The number of rotatable bonds is 48. The van der Waals surface area contributed by atoms with Gasteiger partial charge in [-0.2, -0.15) is 118 Å². The summed E-state index contributed by atoms with van der Waals surface area (Å²) in [5, 5.41) is 0. The van der Waals surface area contributed by atoms with Crippen LogP contribution in [0.25, 0.3) is 0 Å². The average Bonchev–Trinajstić information content (AvgIpc) is 0.694. The van der Waals surface area contributed by atoms with Gasteiger partial charge in [-0.1, -0.05) is 55.4 Å². The molecule has 10 saturated carbocycles. The highest BCUT2D eigenvalue weighted by atomic mass is 32.2. The largest absolute Gasteiger partial charge is 0.459 e. The zero-order chi connectivity index (χ0) is 98.1. The second-order valence-electron chi connectivity index (χ2n) is 42.0. The number of esters is 10. The molecule has 130 heavy (non-hydrogen) atoms. The first-order valence-electron chi connectivity index (χ1n) is 47.9. The molecule has 0 aromatic heterocycles. The molecular formula is C100H172O20S10. The van der Waals surface area contributed by atoms with E-state index in [1.807, 2.05) is 90.3 Å². The van der Waals surface area contributed by atoms with Crippen molar-refractivity contribution in [1.82, 2.24) is 0 Å². The summed E-state index contributed by atoms with van der Waals surface area (Å²) in [6.45, 7) is 41.5. The highest BCUT2D eigenvalue weighted by Gasteiger charge is 2.70. The Morgan fingerprint density at radius 2 is 0.354 bits per heavy atom. The van der Waals surface area contributed by atoms with E-state index in [-0.39, 0.29) is 117 Å². The molecule has 0 amide bonds. The van der Waals surface area contributed by atoms with Gasteiger partial charge < -0.3 is 47.4 Å². The fourth-order valence-corrected chi connectivity index (χ4v) is 28.7. The number of thioether (sulfide) groups is 10. The monoisotopic (exact) mass is 2010 g/mol. The first-order valence-corrected chi connectivity index (χ1v) is 61.8. The predicted molar refractivity (Wildman–Crippen MR) is 550 cm³/mol. The van der Waals surface area contributed by atoms with E-state index in [1.165, 1.54) is 130 Å². The Morgan fingerprint density at radius 3 is 0.508 bits per heavy atom. The molecule has 10 aliphatic rings. The Kier molecular flexibility index (Phi) is 47.1. The molecule has 0 saturated heterocycles. The van der Waals surface area contributed by atoms with Gasteiger partial charge in [0.15, 0.2) is 0 Å². The third-order valence-corrected chi connectivity index (χ3v) is 37.7. The van der Waals surface area contributed by atoms with Crippen LogP contribution in [0, 0.1) is 80.8 Å². The summed E-state index contributed by atoms with van der Waals surface area (Å²) < 4.78 is 61.4. The summed E-state index contributed by atoms with van der Waals surface area (Å²) >= 11 is 14.8. The number of carbonyl (C=O) groups is 10. The quantitative estimate of drug-likeness (QED) is 0.0405. The normalized spacial score (nSPS) is 26.7. The molecule has 0 heterocycles. The molecule has 752 valence electrons. The Bertz CT molecular complexity index is 3260. The fourth-order valence-electron chi connectivity index (χ4n) is 25.8. The van der Waals surface area contributed by atoms with Crippen LogP contribution in [0.5, 0.6) is 0 Å². The molecule has 10 aliphatic carbocycles. The van der Waals surface area contributed by atoms with E-state index in [0.717, 1.165) is 103 Å². The van der Waals surface area contributed by atoms with Gasteiger partial charge in [0.05, 0.1) is 57.5 Å². The highest BCUT2D eigenvalue weighted by Crippen LogP contribution is 2.74. The number of ether oxygens (including phenoxy) is 10. The SMILES string of the molecule is CCC(CC)(OC(=O)CSC)C1CC(C(C)(C)OC(=O)CSC)CC(C(C)(C)OC(=O)CSC)C1.CCC(CC)(OC(=O)CSC)C1CC(C(CC)(CC)OC(=O)CSC)CC(C(CC)(CC)OC(=O)CSC)C1.CSCC(=O)OC(C)(C)C12CC3CC(C1)CC(C(C)(C)OC(=O)CSC)(C3)C2.CSCC(=O)OC(C)(C)C12CC3CC(C1)CC(C(C)(C)OC(=O)CSC)(C3)C2. The van der Waals surface area contributed by atoms with Crippen LogP contribution < -0.4 is 0 Å². The summed E-state index contributed by atoms with van der Waals surface area (Å²) in [6.07, 6.45) is 43.0. The molecule has 0 spiro atoms. The fraction of sp³-hybridized carbons (Fsp3) is 0.900. The van der Waals surface area contributed by atoms with E-state index in [1.54, 1.807) is 0 Å². The predicted octanol–water partition coefficient (Wildman–Crippen LogP) is 23.2. The highest BCUT2D eigenvalue weighted by molar-refractivity contribution is 8.01. The van der Waals surface area contributed by atoms with Crippen molar-refractivity contribution in [2.75, 3.05) is 120 Å². The lowest BCUT2D eigenvalue weighted by Gasteiger charge is -2.68.